The molecule has 0 fully saturated rings. The third-order valence-corrected chi connectivity index (χ3v) is 2.16. The highest BCUT2D eigenvalue weighted by Crippen LogP contribution is 2.16. The van der Waals surface area contributed by atoms with Gasteiger partial charge in [-0.05, 0) is 34.5 Å². The number of carbonyl (C=O) groups excluding carboxylic acids is 1. The van der Waals surface area contributed by atoms with Gasteiger partial charge in [-0.1, -0.05) is 0 Å². The topological polar surface area (TPSA) is 42.0 Å². The lowest BCUT2D eigenvalue weighted by Crippen LogP contribution is -2.06. The highest BCUT2D eigenvalue weighted by molar-refractivity contribution is 9.10. The van der Waals surface area contributed by atoms with E-state index in [9.17, 15) is 4.79 Å². The Hall–Kier alpha value is -0.900. The minimum Gasteiger partial charge on any atom is -0.325 e. The van der Waals surface area contributed by atoms with Crippen LogP contribution in [0.1, 0.15) is 12.5 Å². The number of aromatic nitrogens is 1. The third-order valence-electron chi connectivity index (χ3n) is 1.33. The number of amides is 1. The molecule has 0 saturated carbocycles. The zero-order chi connectivity index (χ0) is 9.14. The van der Waals surface area contributed by atoms with E-state index in [1.807, 2.05) is 13.0 Å². The number of carbonyl (C=O) groups is 1. The van der Waals surface area contributed by atoms with Gasteiger partial charge in [0.1, 0.15) is 4.60 Å². The van der Waals surface area contributed by atoms with Crippen molar-refractivity contribution in [3.05, 3.63) is 22.4 Å². The first kappa shape index (κ1) is 9.19. The summed E-state index contributed by atoms with van der Waals surface area (Å²) in [5.41, 5.74) is 1.73. The number of rotatable bonds is 1. The molecule has 12 heavy (non-hydrogen) atoms. The van der Waals surface area contributed by atoms with Crippen LogP contribution in [-0.2, 0) is 4.79 Å². The van der Waals surface area contributed by atoms with Crippen molar-refractivity contribution in [2.45, 2.75) is 13.8 Å². The van der Waals surface area contributed by atoms with Crippen LogP contribution in [0, 0.1) is 6.92 Å². The Morgan fingerprint density at radius 2 is 2.33 bits per heavy atom. The van der Waals surface area contributed by atoms with Crippen LogP contribution in [0.5, 0.6) is 0 Å². The number of anilines is 1. The molecule has 1 amide bonds. The van der Waals surface area contributed by atoms with E-state index in [2.05, 4.69) is 26.2 Å². The molecule has 1 heterocycles. The fraction of sp³-hybridized carbons (Fsp3) is 0.250. The van der Waals surface area contributed by atoms with Crippen LogP contribution >= 0.6 is 15.9 Å². The van der Waals surface area contributed by atoms with Gasteiger partial charge in [-0.15, -0.1) is 0 Å². The molecule has 1 aromatic heterocycles. The van der Waals surface area contributed by atoms with Crippen LogP contribution in [0.2, 0.25) is 0 Å². The quantitative estimate of drug-likeness (QED) is 0.749. The largest absolute Gasteiger partial charge is 0.325 e. The van der Waals surface area contributed by atoms with E-state index in [0.29, 0.717) is 0 Å². The smallest absolute Gasteiger partial charge is 0.221 e. The molecule has 0 aliphatic heterocycles. The summed E-state index contributed by atoms with van der Waals surface area (Å²) < 4.78 is 0.802. The monoisotopic (exact) mass is 228 g/mol. The Kier molecular flexibility index (Phi) is 2.81. The maximum Gasteiger partial charge on any atom is 0.221 e. The zero-order valence-electron chi connectivity index (χ0n) is 6.89. The highest BCUT2D eigenvalue weighted by Gasteiger charge is 1.99. The van der Waals surface area contributed by atoms with Crippen molar-refractivity contribution in [3.63, 3.8) is 0 Å². The Balaban J connectivity index is 2.89. The molecule has 0 radical (unpaired) electrons. The van der Waals surface area contributed by atoms with Crippen molar-refractivity contribution < 1.29 is 4.79 Å². The molecule has 1 N–H and O–H groups in total. The van der Waals surface area contributed by atoms with Gasteiger partial charge < -0.3 is 5.32 Å². The van der Waals surface area contributed by atoms with Gasteiger partial charge in [0.15, 0.2) is 0 Å². The Bertz CT molecular complexity index is 312. The van der Waals surface area contributed by atoms with Gasteiger partial charge >= 0.3 is 0 Å². The maximum absolute atomic E-state index is 10.7. The molecule has 1 aromatic rings. The second-order valence-electron chi connectivity index (χ2n) is 2.51. The van der Waals surface area contributed by atoms with E-state index in [-0.39, 0.29) is 5.91 Å². The second-order valence-corrected chi connectivity index (χ2v) is 3.26. The van der Waals surface area contributed by atoms with Crippen LogP contribution in [0.15, 0.2) is 16.9 Å². The molecule has 64 valence electrons. The molecule has 1 rings (SSSR count). The Morgan fingerprint density at radius 3 is 2.83 bits per heavy atom. The third kappa shape index (κ3) is 2.30. The van der Waals surface area contributed by atoms with Gasteiger partial charge in [-0.25, -0.2) is 4.98 Å². The van der Waals surface area contributed by atoms with E-state index in [4.69, 9.17) is 0 Å². The minimum atomic E-state index is -0.0847. The average molecular weight is 229 g/mol. The number of hydrogen-bond acceptors (Lipinski definition) is 2. The predicted molar refractivity (Wildman–Crippen MR) is 51.0 cm³/mol. The fourth-order valence-corrected chi connectivity index (χ4v) is 1.05. The molecule has 4 heteroatoms. The summed E-state index contributed by atoms with van der Waals surface area (Å²) in [5, 5.41) is 2.65. The van der Waals surface area contributed by atoms with Crippen molar-refractivity contribution in [2.75, 3.05) is 5.32 Å². The highest BCUT2D eigenvalue weighted by atomic mass is 79.9. The number of nitrogens with one attached hydrogen (secondary N) is 1. The molecule has 0 unspecified atom stereocenters. The Morgan fingerprint density at radius 1 is 1.67 bits per heavy atom. The molecular formula is C8H9BrN2O. The van der Waals surface area contributed by atoms with Crippen molar-refractivity contribution in [2.24, 2.45) is 0 Å². The van der Waals surface area contributed by atoms with Crippen LogP contribution in [-0.4, -0.2) is 10.9 Å². The standard InChI is InChI=1S/C8H9BrN2O/c1-5-3-7(11-6(2)12)4-10-8(5)9/h3-4H,1-2H3,(H,11,12). The molecule has 0 atom stereocenters. The van der Waals surface area contributed by atoms with Crippen molar-refractivity contribution in [3.8, 4) is 0 Å². The van der Waals surface area contributed by atoms with Gasteiger partial charge in [0.05, 0.1) is 11.9 Å². The summed E-state index contributed by atoms with van der Waals surface area (Å²) in [7, 11) is 0. The van der Waals surface area contributed by atoms with E-state index in [1.165, 1.54) is 6.92 Å². The summed E-state index contributed by atoms with van der Waals surface area (Å²) in [6.07, 6.45) is 1.61. The van der Waals surface area contributed by atoms with Crippen molar-refractivity contribution in [1.29, 1.82) is 0 Å². The molecule has 0 saturated heterocycles. The van der Waals surface area contributed by atoms with E-state index in [0.717, 1.165) is 15.9 Å². The molecule has 0 aliphatic rings. The molecule has 0 spiro atoms. The van der Waals surface area contributed by atoms with Crippen LogP contribution in [0.4, 0.5) is 5.69 Å². The lowest BCUT2D eigenvalue weighted by Gasteiger charge is -2.02. The summed E-state index contributed by atoms with van der Waals surface area (Å²) in [6, 6.07) is 1.86. The fourth-order valence-electron chi connectivity index (χ4n) is 0.830. The second kappa shape index (κ2) is 3.67. The van der Waals surface area contributed by atoms with Crippen molar-refractivity contribution >= 4 is 27.5 Å². The molecule has 0 aromatic carbocycles. The summed E-state index contributed by atoms with van der Waals surface area (Å²) in [4.78, 5) is 14.7. The van der Waals surface area contributed by atoms with Gasteiger partial charge in [-0.3, -0.25) is 4.79 Å². The number of halogens is 1. The Labute approximate surface area is 79.3 Å². The first-order valence-corrected chi connectivity index (χ1v) is 4.28. The van der Waals surface area contributed by atoms with Crippen LogP contribution in [0.3, 0.4) is 0 Å². The van der Waals surface area contributed by atoms with Gasteiger partial charge in [0.2, 0.25) is 5.91 Å². The minimum absolute atomic E-state index is 0.0847. The SMILES string of the molecule is CC(=O)Nc1cnc(Br)c(C)c1. The lowest BCUT2D eigenvalue weighted by atomic mass is 10.3. The predicted octanol–water partition coefficient (Wildman–Crippen LogP) is 2.11. The van der Waals surface area contributed by atoms with Crippen LogP contribution < -0.4 is 5.32 Å². The molecular weight excluding hydrogens is 220 g/mol. The van der Waals surface area contributed by atoms with Gasteiger partial charge in [-0.2, -0.15) is 0 Å². The van der Waals surface area contributed by atoms with E-state index >= 15 is 0 Å². The summed E-state index contributed by atoms with van der Waals surface area (Å²) in [6.45, 7) is 3.39. The lowest BCUT2D eigenvalue weighted by molar-refractivity contribution is -0.114. The van der Waals surface area contributed by atoms with E-state index < -0.39 is 0 Å². The van der Waals surface area contributed by atoms with Crippen molar-refractivity contribution in [1.82, 2.24) is 4.98 Å². The maximum atomic E-state index is 10.7. The number of pyridine rings is 1. The molecule has 0 aliphatic carbocycles. The normalized spacial score (nSPS) is 9.58. The van der Waals surface area contributed by atoms with Crippen LogP contribution in [0.25, 0.3) is 0 Å². The number of aryl methyl sites for hydroxylation is 1. The summed E-state index contributed by atoms with van der Waals surface area (Å²) >= 11 is 3.27. The zero-order valence-corrected chi connectivity index (χ0v) is 8.47. The number of hydrogen-bond donors (Lipinski definition) is 1. The first-order valence-electron chi connectivity index (χ1n) is 3.49. The average Bonchev–Trinajstić information content (AvgIpc) is 1.96. The van der Waals surface area contributed by atoms with Gasteiger partial charge in [0.25, 0.3) is 0 Å². The number of nitrogens with zero attached hydrogens (tertiary/aromatic N) is 1. The summed E-state index contributed by atoms with van der Waals surface area (Å²) in [5.74, 6) is -0.0847. The van der Waals surface area contributed by atoms with E-state index in [1.54, 1.807) is 6.20 Å². The first-order chi connectivity index (χ1) is 5.59. The molecule has 0 bridgehead atoms. The molecule has 3 nitrogen and oxygen atoms in total. The van der Waals surface area contributed by atoms with Gasteiger partial charge in [0, 0.05) is 6.92 Å².